The topological polar surface area (TPSA) is 17.1 Å². The molecule has 0 fully saturated rings. The second-order valence-electron chi connectivity index (χ2n) is 2.39. The van der Waals surface area contributed by atoms with Gasteiger partial charge in [0.05, 0.1) is 10.8 Å². The molecule has 0 aliphatic carbocycles. The average molecular weight is 179 g/mol. The number of rotatable bonds is 2. The lowest BCUT2D eigenvalue weighted by atomic mass is 10.3. The molecule has 0 spiro atoms. The van der Waals surface area contributed by atoms with Crippen LogP contribution in [0.2, 0.25) is 0 Å². The van der Waals surface area contributed by atoms with Crippen LogP contribution < -0.4 is 5.43 Å². The van der Waals surface area contributed by atoms with E-state index in [4.69, 9.17) is 23.2 Å². The third-order valence-corrected chi connectivity index (χ3v) is 1.95. The monoisotopic (exact) mass is 178 g/mol. The molecule has 0 aliphatic heterocycles. The molecule has 0 amide bonds. The first kappa shape index (κ1) is 8.09. The Morgan fingerprint density at radius 3 is 1.50 bits per heavy atom. The Morgan fingerprint density at radius 2 is 1.40 bits per heavy atom. The van der Waals surface area contributed by atoms with Gasteiger partial charge in [-0.15, -0.1) is 23.2 Å². The van der Waals surface area contributed by atoms with Gasteiger partial charge in [0.15, 0.2) is 5.43 Å². The fourth-order valence-corrected chi connectivity index (χ4v) is 1.42. The van der Waals surface area contributed by atoms with Crippen LogP contribution >= 0.6 is 23.2 Å². The summed E-state index contributed by atoms with van der Waals surface area (Å²) in [7, 11) is 0. The summed E-state index contributed by atoms with van der Waals surface area (Å²) in [6, 6.07) is 0. The van der Waals surface area contributed by atoms with E-state index in [0.717, 1.165) is 0 Å². The fraction of sp³-hybridized carbons (Fsp3) is 0.571. The van der Waals surface area contributed by atoms with Gasteiger partial charge in [-0.3, -0.25) is 4.79 Å². The van der Waals surface area contributed by atoms with Crippen molar-refractivity contribution in [2.24, 2.45) is 0 Å². The SMILES string of the molecule is CC(Cl)c1c(C(C)Cl)c1=O. The van der Waals surface area contributed by atoms with Crippen molar-refractivity contribution in [2.45, 2.75) is 24.6 Å². The van der Waals surface area contributed by atoms with Crippen LogP contribution in [0, 0.1) is 0 Å². The van der Waals surface area contributed by atoms with Crippen molar-refractivity contribution in [1.29, 1.82) is 0 Å². The van der Waals surface area contributed by atoms with Crippen LogP contribution in [0.4, 0.5) is 0 Å². The molecule has 0 aromatic heterocycles. The molecule has 0 saturated carbocycles. The summed E-state index contributed by atoms with van der Waals surface area (Å²) >= 11 is 11.3. The zero-order valence-electron chi connectivity index (χ0n) is 5.82. The highest BCUT2D eigenvalue weighted by Gasteiger charge is 2.28. The largest absolute Gasteiger partial charge is 0.289 e. The van der Waals surface area contributed by atoms with E-state index in [1.165, 1.54) is 0 Å². The third kappa shape index (κ3) is 1.21. The molecule has 0 aliphatic rings. The minimum atomic E-state index is -0.177. The standard InChI is InChI=1S/C7H8Cl2O/c1-3(8)5-6(4(2)9)7(5)10/h3-4H,1-2H3. The number of hydrogen-bond donors (Lipinski definition) is 0. The summed E-state index contributed by atoms with van der Waals surface area (Å²) in [6.07, 6.45) is 0. The van der Waals surface area contributed by atoms with Crippen molar-refractivity contribution in [3.05, 3.63) is 21.4 Å². The van der Waals surface area contributed by atoms with Gasteiger partial charge < -0.3 is 0 Å². The van der Waals surface area contributed by atoms with Crippen LogP contribution in [0.15, 0.2) is 4.79 Å². The first-order valence-corrected chi connectivity index (χ1v) is 4.00. The lowest BCUT2D eigenvalue weighted by Gasteiger charge is -1.92. The highest BCUT2D eigenvalue weighted by molar-refractivity contribution is 6.23. The smallest absolute Gasteiger partial charge is 0.188 e. The van der Waals surface area contributed by atoms with Gasteiger partial charge in [-0.1, -0.05) is 0 Å². The lowest BCUT2D eigenvalue weighted by molar-refractivity contribution is 1.06. The molecule has 1 aromatic carbocycles. The average Bonchev–Trinajstić information content (AvgIpc) is 2.40. The van der Waals surface area contributed by atoms with Crippen LogP contribution in [0.1, 0.15) is 35.7 Å². The van der Waals surface area contributed by atoms with Crippen LogP contribution in [0.25, 0.3) is 0 Å². The Kier molecular flexibility index (Phi) is 2.07. The Hall–Kier alpha value is -0.0100. The fourth-order valence-electron chi connectivity index (χ4n) is 0.988. The molecule has 56 valence electrons. The molecule has 0 bridgehead atoms. The van der Waals surface area contributed by atoms with E-state index in [1.54, 1.807) is 13.8 Å². The van der Waals surface area contributed by atoms with Crippen molar-refractivity contribution in [1.82, 2.24) is 0 Å². The van der Waals surface area contributed by atoms with Gasteiger partial charge in [0.2, 0.25) is 0 Å². The van der Waals surface area contributed by atoms with E-state index in [0.29, 0.717) is 11.1 Å². The van der Waals surface area contributed by atoms with Gasteiger partial charge in [-0.2, -0.15) is 0 Å². The van der Waals surface area contributed by atoms with E-state index >= 15 is 0 Å². The zero-order chi connectivity index (χ0) is 7.89. The summed E-state index contributed by atoms with van der Waals surface area (Å²) in [6.45, 7) is 3.56. The molecule has 0 heterocycles. The molecule has 2 atom stereocenters. The second-order valence-corrected chi connectivity index (χ2v) is 3.70. The summed E-state index contributed by atoms with van der Waals surface area (Å²) in [5.41, 5.74) is 1.48. The maximum absolute atomic E-state index is 10.9. The summed E-state index contributed by atoms with van der Waals surface area (Å²) < 4.78 is 0. The van der Waals surface area contributed by atoms with Crippen LogP contribution in [0.3, 0.4) is 0 Å². The Balaban J connectivity index is 2.80. The molecule has 2 unspecified atom stereocenters. The predicted molar refractivity (Wildman–Crippen MR) is 43.6 cm³/mol. The van der Waals surface area contributed by atoms with Crippen molar-refractivity contribution in [2.75, 3.05) is 0 Å². The maximum Gasteiger partial charge on any atom is 0.188 e. The Labute approximate surface area is 69.6 Å². The van der Waals surface area contributed by atoms with E-state index in [2.05, 4.69) is 0 Å². The first-order valence-electron chi connectivity index (χ1n) is 3.12. The summed E-state index contributed by atoms with van der Waals surface area (Å²) in [5, 5.41) is -0.354. The second kappa shape index (κ2) is 2.55. The highest BCUT2D eigenvalue weighted by Crippen LogP contribution is 2.32. The zero-order valence-corrected chi connectivity index (χ0v) is 7.33. The van der Waals surface area contributed by atoms with E-state index in [9.17, 15) is 4.79 Å². The van der Waals surface area contributed by atoms with Crippen molar-refractivity contribution in [3.8, 4) is 0 Å². The third-order valence-electron chi connectivity index (χ3n) is 1.51. The normalized spacial score (nSPS) is 17.6. The Morgan fingerprint density at radius 1 is 1.10 bits per heavy atom. The van der Waals surface area contributed by atoms with E-state index in [-0.39, 0.29) is 16.2 Å². The van der Waals surface area contributed by atoms with Crippen molar-refractivity contribution < 1.29 is 0 Å². The molecule has 1 aromatic rings. The summed E-state index contributed by atoms with van der Waals surface area (Å²) in [4.78, 5) is 10.9. The number of halogens is 2. The van der Waals surface area contributed by atoms with Crippen LogP contribution in [-0.2, 0) is 0 Å². The van der Waals surface area contributed by atoms with Gasteiger partial charge in [0.25, 0.3) is 0 Å². The van der Waals surface area contributed by atoms with E-state index in [1.807, 2.05) is 0 Å². The summed E-state index contributed by atoms with van der Waals surface area (Å²) in [5.74, 6) is 0. The molecular formula is C7H8Cl2O. The maximum atomic E-state index is 10.9. The van der Waals surface area contributed by atoms with Gasteiger partial charge >= 0.3 is 0 Å². The quantitative estimate of drug-likeness (QED) is 0.637. The number of alkyl halides is 2. The molecule has 0 N–H and O–H groups in total. The van der Waals surface area contributed by atoms with Gasteiger partial charge in [0, 0.05) is 11.1 Å². The van der Waals surface area contributed by atoms with Crippen LogP contribution in [0.5, 0.6) is 0 Å². The van der Waals surface area contributed by atoms with Crippen molar-refractivity contribution >= 4 is 23.2 Å². The molecule has 0 saturated heterocycles. The molecule has 3 heteroatoms. The Bertz CT molecular complexity index is 220. The minimum Gasteiger partial charge on any atom is -0.289 e. The van der Waals surface area contributed by atoms with E-state index < -0.39 is 0 Å². The predicted octanol–water partition coefficient (Wildman–Crippen LogP) is 2.52. The molecule has 0 radical (unpaired) electrons. The molecule has 10 heavy (non-hydrogen) atoms. The molecule has 1 nitrogen and oxygen atoms in total. The van der Waals surface area contributed by atoms with Gasteiger partial charge in [-0.05, 0) is 13.8 Å². The van der Waals surface area contributed by atoms with Gasteiger partial charge in [0.1, 0.15) is 0 Å². The van der Waals surface area contributed by atoms with Crippen LogP contribution in [-0.4, -0.2) is 0 Å². The highest BCUT2D eigenvalue weighted by atomic mass is 35.5. The molecule has 1 rings (SSSR count). The first-order chi connectivity index (χ1) is 4.55. The molecular weight excluding hydrogens is 171 g/mol. The van der Waals surface area contributed by atoms with Gasteiger partial charge in [-0.25, -0.2) is 0 Å². The minimum absolute atomic E-state index is 0.0602. The number of hydrogen-bond acceptors (Lipinski definition) is 1. The lowest BCUT2D eigenvalue weighted by Crippen LogP contribution is -1.81. The van der Waals surface area contributed by atoms with Crippen molar-refractivity contribution in [3.63, 3.8) is 0 Å².